The standard InChI is InChI=1S/C12H24ClO3P/c1-4-6-8-12(9-7-5-2)10-15-17(13,14)16-11(12)3/h11H,4-10H2,1-3H3. The molecule has 0 aromatic heterocycles. The highest BCUT2D eigenvalue weighted by molar-refractivity contribution is 7.81. The molecular weight excluding hydrogens is 259 g/mol. The smallest absolute Gasteiger partial charge is 0.296 e. The van der Waals surface area contributed by atoms with Crippen molar-refractivity contribution in [3.63, 3.8) is 0 Å². The Morgan fingerprint density at radius 2 is 1.82 bits per heavy atom. The zero-order valence-corrected chi connectivity index (χ0v) is 12.7. The molecule has 0 aromatic rings. The lowest BCUT2D eigenvalue weighted by atomic mass is 9.75. The van der Waals surface area contributed by atoms with E-state index in [1.54, 1.807) is 0 Å². The molecule has 1 fully saturated rings. The van der Waals surface area contributed by atoms with Crippen LogP contribution in [-0.4, -0.2) is 12.7 Å². The largest absolute Gasteiger partial charge is 0.424 e. The van der Waals surface area contributed by atoms with E-state index in [-0.39, 0.29) is 11.5 Å². The fourth-order valence-electron chi connectivity index (χ4n) is 2.39. The highest BCUT2D eigenvalue weighted by Crippen LogP contribution is 2.61. The van der Waals surface area contributed by atoms with Gasteiger partial charge >= 0.3 is 6.95 Å². The fourth-order valence-corrected chi connectivity index (χ4v) is 3.97. The Morgan fingerprint density at radius 3 is 2.24 bits per heavy atom. The first kappa shape index (κ1) is 15.5. The molecule has 0 aliphatic carbocycles. The van der Waals surface area contributed by atoms with Crippen LogP contribution in [0.4, 0.5) is 0 Å². The van der Waals surface area contributed by atoms with Crippen molar-refractivity contribution in [1.29, 1.82) is 0 Å². The van der Waals surface area contributed by atoms with Gasteiger partial charge in [-0.2, -0.15) is 0 Å². The van der Waals surface area contributed by atoms with Crippen LogP contribution in [0.3, 0.4) is 0 Å². The molecule has 0 spiro atoms. The van der Waals surface area contributed by atoms with Crippen molar-refractivity contribution >= 4 is 18.2 Å². The molecule has 0 saturated carbocycles. The molecule has 1 aliphatic rings. The van der Waals surface area contributed by atoms with Crippen LogP contribution in [0.2, 0.25) is 0 Å². The second kappa shape index (κ2) is 6.56. The molecule has 2 atom stereocenters. The third-order valence-electron chi connectivity index (χ3n) is 3.71. The lowest BCUT2D eigenvalue weighted by Gasteiger charge is -2.43. The summed E-state index contributed by atoms with van der Waals surface area (Å²) in [4.78, 5) is 0. The molecule has 0 radical (unpaired) electrons. The van der Waals surface area contributed by atoms with Gasteiger partial charge < -0.3 is 0 Å². The maximum absolute atomic E-state index is 11.6. The average molecular weight is 283 g/mol. The van der Waals surface area contributed by atoms with Crippen molar-refractivity contribution in [1.82, 2.24) is 0 Å². The number of rotatable bonds is 6. The van der Waals surface area contributed by atoms with Crippen LogP contribution < -0.4 is 0 Å². The van der Waals surface area contributed by atoms with Crippen LogP contribution >= 0.6 is 18.2 Å². The van der Waals surface area contributed by atoms with Crippen molar-refractivity contribution < 1.29 is 13.6 Å². The number of hydrogen-bond acceptors (Lipinski definition) is 3. The zero-order valence-electron chi connectivity index (χ0n) is 11.1. The van der Waals surface area contributed by atoms with Crippen molar-refractivity contribution in [2.24, 2.45) is 5.41 Å². The Bertz CT molecular complexity index is 275. The van der Waals surface area contributed by atoms with E-state index >= 15 is 0 Å². The van der Waals surface area contributed by atoms with E-state index < -0.39 is 6.95 Å². The molecule has 3 nitrogen and oxygen atoms in total. The van der Waals surface area contributed by atoms with Crippen LogP contribution in [0.15, 0.2) is 0 Å². The van der Waals surface area contributed by atoms with Gasteiger partial charge in [0.2, 0.25) is 0 Å². The van der Waals surface area contributed by atoms with Gasteiger partial charge in [0.25, 0.3) is 0 Å². The minimum absolute atomic E-state index is 0.00514. The lowest BCUT2D eigenvalue weighted by Crippen LogP contribution is -2.41. The molecule has 1 saturated heterocycles. The summed E-state index contributed by atoms with van der Waals surface area (Å²) in [6, 6.07) is 0. The van der Waals surface area contributed by atoms with Crippen molar-refractivity contribution in [3.8, 4) is 0 Å². The lowest BCUT2D eigenvalue weighted by molar-refractivity contribution is -0.0445. The van der Waals surface area contributed by atoms with Gasteiger partial charge in [0, 0.05) is 16.7 Å². The van der Waals surface area contributed by atoms with Crippen molar-refractivity contribution in [2.45, 2.75) is 65.4 Å². The fraction of sp³-hybridized carbons (Fsp3) is 1.00. The van der Waals surface area contributed by atoms with Crippen LogP contribution in [-0.2, 0) is 13.6 Å². The van der Waals surface area contributed by atoms with E-state index in [1.165, 1.54) is 0 Å². The first-order chi connectivity index (χ1) is 7.96. The van der Waals surface area contributed by atoms with Gasteiger partial charge in [-0.1, -0.05) is 39.5 Å². The Hall–Kier alpha value is 0.440. The van der Waals surface area contributed by atoms with Gasteiger partial charge in [0.15, 0.2) is 0 Å². The third-order valence-corrected chi connectivity index (χ3v) is 5.25. The van der Waals surface area contributed by atoms with Crippen molar-refractivity contribution in [2.75, 3.05) is 6.61 Å². The van der Waals surface area contributed by atoms with Gasteiger partial charge in [0.1, 0.15) is 0 Å². The van der Waals surface area contributed by atoms with Crippen LogP contribution in [0.5, 0.6) is 0 Å². The van der Waals surface area contributed by atoms with Gasteiger partial charge in [-0.25, -0.2) is 4.57 Å². The van der Waals surface area contributed by atoms with E-state index in [4.69, 9.17) is 20.3 Å². The highest BCUT2D eigenvalue weighted by atomic mass is 35.7. The van der Waals surface area contributed by atoms with E-state index in [2.05, 4.69) is 13.8 Å². The molecule has 1 aliphatic heterocycles. The summed E-state index contributed by atoms with van der Waals surface area (Å²) in [5.74, 6) is 0. The normalized spacial score (nSPS) is 32.6. The Kier molecular flexibility index (Phi) is 5.98. The quantitative estimate of drug-likeness (QED) is 0.633. The monoisotopic (exact) mass is 282 g/mol. The minimum atomic E-state index is -3.31. The van der Waals surface area contributed by atoms with Gasteiger partial charge in [0.05, 0.1) is 12.7 Å². The van der Waals surface area contributed by atoms with E-state index in [0.29, 0.717) is 6.61 Å². The predicted molar refractivity (Wildman–Crippen MR) is 71.4 cm³/mol. The summed E-state index contributed by atoms with van der Waals surface area (Å²) in [6.07, 6.45) is 6.62. The van der Waals surface area contributed by atoms with E-state index in [1.807, 2.05) is 6.92 Å². The second-order valence-corrected chi connectivity index (χ2v) is 7.59. The minimum Gasteiger partial charge on any atom is -0.296 e. The van der Waals surface area contributed by atoms with Crippen LogP contribution in [0, 0.1) is 5.41 Å². The third kappa shape index (κ3) is 4.24. The van der Waals surface area contributed by atoms with Crippen molar-refractivity contribution in [3.05, 3.63) is 0 Å². The molecule has 2 unspecified atom stereocenters. The van der Waals surface area contributed by atoms with Gasteiger partial charge in [-0.3, -0.25) is 9.05 Å². The summed E-state index contributed by atoms with van der Waals surface area (Å²) in [5.41, 5.74) is -0.00514. The number of halogens is 1. The maximum atomic E-state index is 11.6. The Labute approximate surface area is 110 Å². The summed E-state index contributed by atoms with van der Waals surface area (Å²) in [6.45, 7) is 3.48. The summed E-state index contributed by atoms with van der Waals surface area (Å²) in [7, 11) is 0. The number of unbranched alkanes of at least 4 members (excludes halogenated alkanes) is 2. The SMILES string of the molecule is CCCCC1(CCCC)COP(=O)(Cl)OC1C. The molecule has 1 rings (SSSR count). The first-order valence-corrected chi connectivity index (χ1v) is 9.03. The molecule has 0 bridgehead atoms. The Morgan fingerprint density at radius 1 is 1.29 bits per heavy atom. The number of hydrogen-bond donors (Lipinski definition) is 0. The van der Waals surface area contributed by atoms with Gasteiger partial charge in [-0.05, 0) is 19.8 Å². The Balaban J connectivity index is 2.72. The second-order valence-electron chi connectivity index (χ2n) is 5.02. The molecule has 0 aromatic carbocycles. The molecule has 0 amide bonds. The predicted octanol–water partition coefficient (Wildman–Crippen LogP) is 5.14. The highest BCUT2D eigenvalue weighted by Gasteiger charge is 2.45. The summed E-state index contributed by atoms with van der Waals surface area (Å²) < 4.78 is 22.2. The summed E-state index contributed by atoms with van der Waals surface area (Å²) in [5, 5.41) is 0. The zero-order chi connectivity index (χ0) is 12.9. The van der Waals surface area contributed by atoms with Crippen LogP contribution in [0.25, 0.3) is 0 Å². The molecule has 17 heavy (non-hydrogen) atoms. The molecule has 0 N–H and O–H groups in total. The molecule has 102 valence electrons. The topological polar surface area (TPSA) is 35.5 Å². The molecule has 5 heteroatoms. The first-order valence-electron chi connectivity index (χ1n) is 6.58. The molecular formula is C12H24ClO3P. The van der Waals surface area contributed by atoms with E-state index in [9.17, 15) is 4.57 Å². The average Bonchev–Trinajstić information content (AvgIpc) is 2.27. The van der Waals surface area contributed by atoms with Gasteiger partial charge in [-0.15, -0.1) is 0 Å². The maximum Gasteiger partial charge on any atom is 0.424 e. The molecule has 1 heterocycles. The van der Waals surface area contributed by atoms with Crippen LogP contribution in [0.1, 0.15) is 59.3 Å². The summed E-state index contributed by atoms with van der Waals surface area (Å²) >= 11 is 5.67. The van der Waals surface area contributed by atoms with E-state index in [0.717, 1.165) is 38.5 Å².